The molecular formula is C44H85Cl3N4O2. The van der Waals surface area contributed by atoms with Gasteiger partial charge in [0, 0.05) is 30.6 Å². The molecule has 9 atom stereocenters. The summed E-state index contributed by atoms with van der Waals surface area (Å²) < 4.78 is 6.35. The van der Waals surface area contributed by atoms with Crippen LogP contribution in [-0.2, 0) is 4.74 Å². The molecule has 0 aromatic carbocycles. The molecule has 0 bridgehead atoms. The lowest BCUT2D eigenvalue weighted by Crippen LogP contribution is -2.51. The van der Waals surface area contributed by atoms with E-state index in [1.54, 1.807) is 5.57 Å². The van der Waals surface area contributed by atoms with E-state index in [-0.39, 0.29) is 65.9 Å². The summed E-state index contributed by atoms with van der Waals surface area (Å²) in [6.07, 6.45) is 20.2. The standard InChI is InChI=1S/C44H82N4O2.3ClH/c1-11-33(31(2)3)15-14-32(4)37-18-19-38-36-17-16-34-30-35(20-22-43(34,9)39(36)21-23-44(37,38)10)50-40(49)48(29-25-42(7,8)46)28-13-12-26-47-27-24-41(5,6)45;;;/h16,31-33,35-39,47H,11-15,17-30,45-46H2,1-10H3;3*1H/t32-,33-,35+,36+,37-,38+,39+,43+,44-;;;/m1.../s1. The van der Waals surface area contributed by atoms with Crippen LogP contribution in [0.1, 0.15) is 166 Å². The van der Waals surface area contributed by atoms with Crippen molar-refractivity contribution in [3.8, 4) is 0 Å². The maximum Gasteiger partial charge on any atom is 0.410 e. The van der Waals surface area contributed by atoms with Crippen molar-refractivity contribution in [2.75, 3.05) is 26.2 Å². The highest BCUT2D eigenvalue weighted by Crippen LogP contribution is 2.67. The van der Waals surface area contributed by atoms with E-state index in [9.17, 15) is 4.79 Å². The van der Waals surface area contributed by atoms with Crippen LogP contribution in [0.5, 0.6) is 0 Å². The lowest BCUT2D eigenvalue weighted by atomic mass is 9.47. The number of amides is 1. The lowest BCUT2D eigenvalue weighted by Gasteiger charge is -2.58. The molecule has 4 rings (SSSR count). The summed E-state index contributed by atoms with van der Waals surface area (Å²) in [5, 5.41) is 3.51. The van der Waals surface area contributed by atoms with Gasteiger partial charge in [0.25, 0.3) is 0 Å². The fraction of sp³-hybridized carbons (Fsp3) is 0.932. The third-order valence-electron chi connectivity index (χ3n) is 14.8. The topological polar surface area (TPSA) is 93.6 Å². The third-order valence-corrected chi connectivity index (χ3v) is 14.8. The Kier molecular flexibility index (Phi) is 20.6. The van der Waals surface area contributed by atoms with Gasteiger partial charge in [0.15, 0.2) is 0 Å². The van der Waals surface area contributed by atoms with Crippen molar-refractivity contribution in [1.82, 2.24) is 10.2 Å². The van der Waals surface area contributed by atoms with Crippen LogP contribution in [0.15, 0.2) is 11.6 Å². The molecule has 0 aliphatic heterocycles. The van der Waals surface area contributed by atoms with Gasteiger partial charge in [0.05, 0.1) is 0 Å². The Bertz CT molecular complexity index is 1120. The van der Waals surface area contributed by atoms with Gasteiger partial charge in [-0.3, -0.25) is 0 Å². The average molecular weight is 809 g/mol. The van der Waals surface area contributed by atoms with Crippen molar-refractivity contribution in [2.24, 2.45) is 63.7 Å². The summed E-state index contributed by atoms with van der Waals surface area (Å²) in [7, 11) is 0. The van der Waals surface area contributed by atoms with Crippen LogP contribution in [0.2, 0.25) is 0 Å². The minimum absolute atomic E-state index is 0. The zero-order valence-electron chi connectivity index (χ0n) is 35.8. The average Bonchev–Trinajstić information content (AvgIpc) is 3.38. The van der Waals surface area contributed by atoms with E-state index in [2.05, 4.69) is 66.8 Å². The summed E-state index contributed by atoms with van der Waals surface area (Å²) in [6.45, 7) is 26.6. The molecule has 6 nitrogen and oxygen atoms in total. The second-order valence-electron chi connectivity index (χ2n) is 20.1. The molecule has 3 fully saturated rings. The summed E-state index contributed by atoms with van der Waals surface area (Å²) in [5.41, 5.74) is 14.4. The highest BCUT2D eigenvalue weighted by molar-refractivity contribution is 5.86. The Morgan fingerprint density at radius 3 is 2.21 bits per heavy atom. The van der Waals surface area contributed by atoms with Crippen LogP contribution in [-0.4, -0.2) is 54.4 Å². The Balaban J connectivity index is 0.00000468. The Morgan fingerprint density at radius 2 is 1.58 bits per heavy atom. The summed E-state index contributed by atoms with van der Waals surface area (Å²) >= 11 is 0. The number of nitrogens with one attached hydrogen (secondary N) is 1. The summed E-state index contributed by atoms with van der Waals surface area (Å²) in [5.74, 6) is 5.88. The van der Waals surface area contributed by atoms with Gasteiger partial charge in [-0.05, 0) is 170 Å². The van der Waals surface area contributed by atoms with Gasteiger partial charge in [-0.1, -0.05) is 66.0 Å². The number of nitrogens with zero attached hydrogens (tertiary/aromatic N) is 1. The van der Waals surface area contributed by atoms with Crippen molar-refractivity contribution >= 4 is 43.3 Å². The smallest absolute Gasteiger partial charge is 0.410 e. The van der Waals surface area contributed by atoms with Gasteiger partial charge in [-0.2, -0.15) is 0 Å². The van der Waals surface area contributed by atoms with Crippen LogP contribution < -0.4 is 16.8 Å². The molecule has 4 aliphatic rings. The van der Waals surface area contributed by atoms with Crippen molar-refractivity contribution in [1.29, 1.82) is 0 Å². The van der Waals surface area contributed by atoms with Gasteiger partial charge in [-0.25, -0.2) is 4.79 Å². The second kappa shape index (κ2) is 21.5. The number of ether oxygens (including phenoxy) is 1. The molecule has 0 spiro atoms. The maximum atomic E-state index is 13.7. The molecule has 314 valence electrons. The van der Waals surface area contributed by atoms with Crippen molar-refractivity contribution in [3.05, 3.63) is 11.6 Å². The van der Waals surface area contributed by atoms with Gasteiger partial charge in [0.1, 0.15) is 6.10 Å². The molecule has 53 heavy (non-hydrogen) atoms. The number of hydrogen-bond donors (Lipinski definition) is 3. The predicted molar refractivity (Wildman–Crippen MR) is 234 cm³/mol. The first-order chi connectivity index (χ1) is 23.4. The molecule has 0 saturated heterocycles. The molecule has 0 aromatic rings. The van der Waals surface area contributed by atoms with Crippen LogP contribution in [0.4, 0.5) is 4.79 Å². The fourth-order valence-corrected chi connectivity index (χ4v) is 11.4. The Labute approximate surface area is 345 Å². The Morgan fingerprint density at radius 1 is 0.906 bits per heavy atom. The van der Waals surface area contributed by atoms with E-state index in [1.165, 1.54) is 51.4 Å². The van der Waals surface area contributed by atoms with Crippen LogP contribution in [0.25, 0.3) is 0 Å². The molecule has 0 aromatic heterocycles. The zero-order chi connectivity index (χ0) is 36.9. The number of halogens is 3. The zero-order valence-corrected chi connectivity index (χ0v) is 38.2. The highest BCUT2D eigenvalue weighted by atomic mass is 35.5. The minimum atomic E-state index is -0.315. The van der Waals surface area contributed by atoms with Crippen molar-refractivity contribution in [3.63, 3.8) is 0 Å². The van der Waals surface area contributed by atoms with E-state index in [4.69, 9.17) is 16.2 Å². The first-order valence-electron chi connectivity index (χ1n) is 21.3. The molecule has 0 unspecified atom stereocenters. The molecule has 5 N–H and O–H groups in total. The molecule has 4 aliphatic carbocycles. The number of hydrogen-bond acceptors (Lipinski definition) is 5. The number of carbonyl (C=O) groups excluding carboxylic acids is 1. The molecule has 0 heterocycles. The van der Waals surface area contributed by atoms with Crippen LogP contribution in [0, 0.1) is 52.3 Å². The van der Waals surface area contributed by atoms with E-state index in [0.717, 1.165) is 99.5 Å². The van der Waals surface area contributed by atoms with Crippen LogP contribution >= 0.6 is 37.2 Å². The maximum absolute atomic E-state index is 13.7. The first kappa shape index (κ1) is 50.8. The van der Waals surface area contributed by atoms with E-state index < -0.39 is 0 Å². The minimum Gasteiger partial charge on any atom is -0.446 e. The third kappa shape index (κ3) is 13.4. The summed E-state index contributed by atoms with van der Waals surface area (Å²) in [4.78, 5) is 15.6. The van der Waals surface area contributed by atoms with Crippen molar-refractivity contribution < 1.29 is 9.53 Å². The number of fused-ring (bicyclic) bond motifs is 5. The number of rotatable bonds is 18. The van der Waals surface area contributed by atoms with Gasteiger partial charge >= 0.3 is 6.09 Å². The quantitative estimate of drug-likeness (QED) is 0.0947. The largest absolute Gasteiger partial charge is 0.446 e. The molecule has 9 heteroatoms. The number of nitrogens with two attached hydrogens (primary N) is 2. The molecule has 1 amide bonds. The van der Waals surface area contributed by atoms with E-state index >= 15 is 0 Å². The fourth-order valence-electron chi connectivity index (χ4n) is 11.4. The lowest BCUT2D eigenvalue weighted by molar-refractivity contribution is -0.0596. The van der Waals surface area contributed by atoms with Gasteiger partial charge in [-0.15, -0.1) is 37.2 Å². The number of carbonyl (C=O) groups is 1. The number of allylic oxidation sites excluding steroid dienone is 1. The van der Waals surface area contributed by atoms with Crippen LogP contribution in [0.3, 0.4) is 0 Å². The van der Waals surface area contributed by atoms with Gasteiger partial charge in [0.2, 0.25) is 0 Å². The first-order valence-corrected chi connectivity index (χ1v) is 21.3. The van der Waals surface area contributed by atoms with Crippen molar-refractivity contribution in [2.45, 2.75) is 183 Å². The SMILES string of the molecule is CC[C@H](CC[C@@H](C)[C@H]1CC[C@H]2[C@@H]3CC=C4C[C@@H](OC(=O)N(CCCCNCCC(C)(C)N)CCC(C)(C)N)CC[C@]4(C)[C@H]3CC[C@]12C)C(C)C.Cl.Cl.Cl. The molecule has 0 radical (unpaired) electrons. The highest BCUT2D eigenvalue weighted by Gasteiger charge is 2.59. The predicted octanol–water partition coefficient (Wildman–Crippen LogP) is 11.4. The summed E-state index contributed by atoms with van der Waals surface area (Å²) in [6, 6.07) is 0. The van der Waals surface area contributed by atoms with Gasteiger partial charge < -0.3 is 26.4 Å². The molecule has 3 saturated carbocycles. The number of unbranched alkanes of at least 4 members (excludes halogenated alkanes) is 1. The second-order valence-corrected chi connectivity index (χ2v) is 20.1. The normalized spacial score (nSPS) is 30.7. The monoisotopic (exact) mass is 807 g/mol. The Hall–Kier alpha value is -0.240. The van der Waals surface area contributed by atoms with E-state index in [0.29, 0.717) is 18.5 Å². The van der Waals surface area contributed by atoms with E-state index in [1.807, 2.05) is 18.7 Å². The molecular weight excluding hydrogens is 723 g/mol.